The molecule has 148 valence electrons. The molecule has 0 saturated carbocycles. The van der Waals surface area contributed by atoms with E-state index in [0.717, 1.165) is 38.5 Å². The lowest BCUT2D eigenvalue weighted by Crippen LogP contribution is -2.25. The monoisotopic (exact) mass is 463 g/mol. The summed E-state index contributed by atoms with van der Waals surface area (Å²) in [7, 11) is 0. The van der Waals surface area contributed by atoms with Gasteiger partial charge in [0.2, 0.25) is 5.91 Å². The Morgan fingerprint density at radius 2 is 1.89 bits per heavy atom. The van der Waals surface area contributed by atoms with E-state index in [1.165, 1.54) is 0 Å². The van der Waals surface area contributed by atoms with E-state index in [1.807, 2.05) is 63.6 Å². The van der Waals surface area contributed by atoms with Crippen LogP contribution in [0.5, 0.6) is 0 Å². The van der Waals surface area contributed by atoms with Gasteiger partial charge in [0.1, 0.15) is 6.04 Å². The normalized spacial score (nSPS) is 12.2. The van der Waals surface area contributed by atoms with Crippen LogP contribution in [0.1, 0.15) is 41.3 Å². The largest absolute Gasteiger partial charge is 0.324 e. The molecule has 28 heavy (non-hydrogen) atoms. The number of carbonyl (C=O) groups is 1. The van der Waals surface area contributed by atoms with Gasteiger partial charge in [0.15, 0.2) is 0 Å². The molecule has 0 aliphatic carbocycles. The molecule has 1 amide bonds. The second-order valence-electron chi connectivity index (χ2n) is 6.94. The first-order valence-corrected chi connectivity index (χ1v) is 10.2. The fourth-order valence-electron chi connectivity index (χ4n) is 3.13. The minimum atomic E-state index is -0.471. The molecule has 0 bridgehead atoms. The van der Waals surface area contributed by atoms with Crippen molar-refractivity contribution in [3.05, 3.63) is 62.1 Å². The quantitative estimate of drug-likeness (QED) is 0.579. The highest BCUT2D eigenvalue weighted by atomic mass is 79.9. The summed E-state index contributed by atoms with van der Waals surface area (Å²) in [5.41, 5.74) is 5.32. The number of halogens is 2. The molecular formula is C20H23BrClN5O. The molecule has 2 heterocycles. The van der Waals surface area contributed by atoms with Crippen LogP contribution in [0, 0.1) is 27.7 Å². The summed E-state index contributed by atoms with van der Waals surface area (Å²) in [6.45, 7) is 10.1. The average Bonchev–Trinajstić information content (AvgIpc) is 3.06. The molecule has 1 atom stereocenters. The van der Waals surface area contributed by atoms with Crippen molar-refractivity contribution in [3.8, 4) is 0 Å². The Morgan fingerprint density at radius 1 is 1.18 bits per heavy atom. The first-order valence-electron chi connectivity index (χ1n) is 8.99. The van der Waals surface area contributed by atoms with Crippen LogP contribution in [0.3, 0.4) is 0 Å². The molecule has 3 rings (SSSR count). The fourth-order valence-corrected chi connectivity index (χ4v) is 3.54. The number of nitrogens with one attached hydrogen (secondary N) is 1. The zero-order valence-corrected chi connectivity index (χ0v) is 18.9. The maximum Gasteiger partial charge on any atom is 0.248 e. The third-order valence-corrected chi connectivity index (χ3v) is 6.50. The first kappa shape index (κ1) is 20.6. The SMILES string of the molecule is Cc1nn(C(C)C(=O)Nc2cccc(Cn3nc(C)c(Br)c3C)c2)c(C)c1Cl. The van der Waals surface area contributed by atoms with Gasteiger partial charge in [0.25, 0.3) is 0 Å². The van der Waals surface area contributed by atoms with Gasteiger partial charge in [-0.2, -0.15) is 10.2 Å². The van der Waals surface area contributed by atoms with Gasteiger partial charge in [-0.25, -0.2) is 0 Å². The van der Waals surface area contributed by atoms with Crippen molar-refractivity contribution >= 4 is 39.1 Å². The summed E-state index contributed by atoms with van der Waals surface area (Å²) < 4.78 is 4.62. The standard InChI is InChI=1S/C20H23BrClN5O/c1-11-18(21)13(3)26(24-11)10-16-7-6-8-17(9-16)23-20(28)15(5)27-14(4)19(22)12(2)25-27/h6-9,15H,10H2,1-5H3,(H,23,28). The van der Waals surface area contributed by atoms with Crippen LogP contribution in [0.15, 0.2) is 28.7 Å². The lowest BCUT2D eigenvalue weighted by atomic mass is 10.2. The molecule has 0 saturated heterocycles. The van der Waals surface area contributed by atoms with E-state index in [1.54, 1.807) is 4.68 Å². The number of hydrogen-bond donors (Lipinski definition) is 1. The summed E-state index contributed by atoms with van der Waals surface area (Å²) >= 11 is 9.76. The van der Waals surface area contributed by atoms with E-state index in [2.05, 4.69) is 31.4 Å². The number of benzene rings is 1. The van der Waals surface area contributed by atoms with Crippen LogP contribution < -0.4 is 5.32 Å². The Labute approximate surface area is 178 Å². The number of aromatic nitrogens is 4. The highest BCUT2D eigenvalue weighted by Gasteiger charge is 2.20. The molecule has 0 spiro atoms. The van der Waals surface area contributed by atoms with Crippen molar-refractivity contribution in [1.82, 2.24) is 19.6 Å². The summed E-state index contributed by atoms with van der Waals surface area (Å²) in [6.07, 6.45) is 0. The third kappa shape index (κ3) is 4.00. The highest BCUT2D eigenvalue weighted by molar-refractivity contribution is 9.10. The molecule has 8 heteroatoms. The maximum atomic E-state index is 12.7. The highest BCUT2D eigenvalue weighted by Crippen LogP contribution is 2.24. The van der Waals surface area contributed by atoms with Gasteiger partial charge in [-0.3, -0.25) is 14.2 Å². The summed E-state index contributed by atoms with van der Waals surface area (Å²) in [6, 6.07) is 7.31. The number of aryl methyl sites for hydroxylation is 2. The van der Waals surface area contributed by atoms with Gasteiger partial charge >= 0.3 is 0 Å². The molecule has 2 aromatic heterocycles. The van der Waals surface area contributed by atoms with Gasteiger partial charge in [0.05, 0.1) is 38.8 Å². The lowest BCUT2D eigenvalue weighted by Gasteiger charge is -2.15. The van der Waals surface area contributed by atoms with Crippen molar-refractivity contribution < 1.29 is 4.79 Å². The topological polar surface area (TPSA) is 64.7 Å². The molecule has 0 fully saturated rings. The summed E-state index contributed by atoms with van der Waals surface area (Å²) in [4.78, 5) is 12.7. The summed E-state index contributed by atoms with van der Waals surface area (Å²) in [5.74, 6) is -0.145. The molecule has 6 nitrogen and oxygen atoms in total. The zero-order chi connectivity index (χ0) is 20.6. The van der Waals surface area contributed by atoms with Crippen LogP contribution in [0.4, 0.5) is 5.69 Å². The van der Waals surface area contributed by atoms with Crippen LogP contribution in [0.2, 0.25) is 5.02 Å². The van der Waals surface area contributed by atoms with Gasteiger partial charge in [-0.05, 0) is 68.2 Å². The number of hydrogen-bond acceptors (Lipinski definition) is 3. The van der Waals surface area contributed by atoms with Crippen LogP contribution in [-0.4, -0.2) is 25.5 Å². The van der Waals surface area contributed by atoms with Gasteiger partial charge in [0, 0.05) is 5.69 Å². The minimum absolute atomic E-state index is 0.145. The van der Waals surface area contributed by atoms with Crippen molar-refractivity contribution in [3.63, 3.8) is 0 Å². The zero-order valence-electron chi connectivity index (χ0n) is 16.5. The number of carbonyl (C=O) groups excluding carboxylic acids is 1. The number of rotatable bonds is 5. The summed E-state index contributed by atoms with van der Waals surface area (Å²) in [5, 5.41) is 12.5. The molecule has 1 aromatic carbocycles. The smallest absolute Gasteiger partial charge is 0.248 e. The second-order valence-corrected chi connectivity index (χ2v) is 8.11. The maximum absolute atomic E-state index is 12.7. The first-order chi connectivity index (χ1) is 13.2. The predicted octanol–water partition coefficient (Wildman–Crippen LogP) is 4.98. The second kappa shape index (κ2) is 8.09. The van der Waals surface area contributed by atoms with Crippen LogP contribution >= 0.6 is 27.5 Å². The molecular weight excluding hydrogens is 442 g/mol. The lowest BCUT2D eigenvalue weighted by molar-refractivity contribution is -0.119. The van der Waals surface area contributed by atoms with Gasteiger partial charge in [-0.15, -0.1) is 0 Å². The number of amides is 1. The Balaban J connectivity index is 1.75. The van der Waals surface area contributed by atoms with E-state index >= 15 is 0 Å². The van der Waals surface area contributed by atoms with E-state index < -0.39 is 6.04 Å². The minimum Gasteiger partial charge on any atom is -0.324 e. The van der Waals surface area contributed by atoms with Crippen LogP contribution in [0.25, 0.3) is 0 Å². The van der Waals surface area contributed by atoms with E-state index in [4.69, 9.17) is 11.6 Å². The van der Waals surface area contributed by atoms with Crippen molar-refractivity contribution in [2.24, 2.45) is 0 Å². The van der Waals surface area contributed by atoms with E-state index in [9.17, 15) is 4.79 Å². The molecule has 0 radical (unpaired) electrons. The third-order valence-electron chi connectivity index (χ3n) is 4.80. The van der Waals surface area contributed by atoms with Gasteiger partial charge in [-0.1, -0.05) is 23.7 Å². The van der Waals surface area contributed by atoms with E-state index in [-0.39, 0.29) is 5.91 Å². The Hall–Kier alpha value is -2.12. The Morgan fingerprint density at radius 3 is 2.46 bits per heavy atom. The molecule has 1 unspecified atom stereocenters. The van der Waals surface area contributed by atoms with Crippen molar-refractivity contribution in [2.45, 2.75) is 47.2 Å². The molecule has 3 aromatic rings. The number of nitrogens with zero attached hydrogens (tertiary/aromatic N) is 4. The number of anilines is 1. The predicted molar refractivity (Wildman–Crippen MR) is 115 cm³/mol. The Kier molecular flexibility index (Phi) is 5.95. The van der Waals surface area contributed by atoms with Gasteiger partial charge < -0.3 is 5.32 Å². The fraction of sp³-hybridized carbons (Fsp3) is 0.350. The molecule has 0 aliphatic rings. The molecule has 1 N–H and O–H groups in total. The van der Waals surface area contributed by atoms with Crippen molar-refractivity contribution in [1.29, 1.82) is 0 Å². The average molecular weight is 465 g/mol. The van der Waals surface area contributed by atoms with E-state index in [0.29, 0.717) is 11.6 Å². The molecule has 0 aliphatic heterocycles. The van der Waals surface area contributed by atoms with Crippen molar-refractivity contribution in [2.75, 3.05) is 5.32 Å². The van der Waals surface area contributed by atoms with Crippen LogP contribution in [-0.2, 0) is 11.3 Å². The Bertz CT molecular complexity index is 1040.